The molecule has 0 saturated heterocycles. The zero-order chi connectivity index (χ0) is 12.0. The summed E-state index contributed by atoms with van der Waals surface area (Å²) < 4.78 is 0.985. The van der Waals surface area contributed by atoms with Gasteiger partial charge in [0, 0.05) is 23.0 Å². The molecule has 84 valence electrons. The summed E-state index contributed by atoms with van der Waals surface area (Å²) in [4.78, 5) is 11.8. The van der Waals surface area contributed by atoms with E-state index >= 15 is 0 Å². The molecule has 0 spiro atoms. The van der Waals surface area contributed by atoms with Gasteiger partial charge in [-0.2, -0.15) is 0 Å². The predicted molar refractivity (Wildman–Crippen MR) is 69.3 cm³/mol. The summed E-state index contributed by atoms with van der Waals surface area (Å²) in [5.41, 5.74) is 1.68. The molecule has 1 rings (SSSR count). The Hall–Kier alpha value is -1.27. The van der Waals surface area contributed by atoms with E-state index in [1.165, 1.54) is 0 Å². The highest BCUT2D eigenvalue weighted by Gasteiger charge is 2.07. The average Bonchev–Trinajstić information content (AvgIpc) is 2.24. The molecule has 2 nitrogen and oxygen atoms in total. The van der Waals surface area contributed by atoms with Gasteiger partial charge in [-0.05, 0) is 37.6 Å². The number of benzene rings is 1. The molecule has 1 aromatic carbocycles. The second-order valence-corrected chi connectivity index (χ2v) is 4.31. The maximum atomic E-state index is 11.8. The average molecular weight is 280 g/mol. The first kappa shape index (κ1) is 12.8. The van der Waals surface area contributed by atoms with Gasteiger partial charge >= 0.3 is 0 Å². The zero-order valence-corrected chi connectivity index (χ0v) is 11.0. The number of carbonyl (C=O) groups excluding carboxylic acids is 1. The van der Waals surface area contributed by atoms with Crippen LogP contribution in [0.25, 0.3) is 0 Å². The van der Waals surface area contributed by atoms with E-state index in [4.69, 9.17) is 0 Å². The zero-order valence-electron chi connectivity index (χ0n) is 9.43. The second-order valence-electron chi connectivity index (χ2n) is 3.39. The minimum absolute atomic E-state index is 0.0390. The molecule has 0 aromatic heterocycles. The number of aryl methyl sites for hydroxylation is 1. The molecular formula is C13H14BrNO. The largest absolute Gasteiger partial charge is 0.351 e. The minimum atomic E-state index is -0.0390. The normalized spacial score (nSPS) is 9.19. The van der Waals surface area contributed by atoms with Gasteiger partial charge in [0.25, 0.3) is 5.91 Å². The van der Waals surface area contributed by atoms with Crippen LogP contribution in [0.4, 0.5) is 0 Å². The highest BCUT2D eigenvalue weighted by molar-refractivity contribution is 9.10. The van der Waals surface area contributed by atoms with Crippen LogP contribution in [-0.2, 0) is 0 Å². The van der Waals surface area contributed by atoms with E-state index in [2.05, 4.69) is 33.1 Å². The Kier molecular flexibility index (Phi) is 5.07. The van der Waals surface area contributed by atoms with Crippen LogP contribution in [0.1, 0.15) is 29.3 Å². The van der Waals surface area contributed by atoms with Crippen LogP contribution in [0, 0.1) is 18.8 Å². The summed E-state index contributed by atoms with van der Waals surface area (Å²) in [7, 11) is 0. The van der Waals surface area contributed by atoms with Crippen molar-refractivity contribution in [1.29, 1.82) is 0 Å². The summed E-state index contributed by atoms with van der Waals surface area (Å²) >= 11 is 3.37. The highest BCUT2D eigenvalue weighted by atomic mass is 79.9. The lowest BCUT2D eigenvalue weighted by molar-refractivity contribution is 0.0954. The molecule has 1 aromatic rings. The van der Waals surface area contributed by atoms with Crippen LogP contribution in [0.5, 0.6) is 0 Å². The van der Waals surface area contributed by atoms with Crippen molar-refractivity contribution in [2.45, 2.75) is 20.3 Å². The summed E-state index contributed by atoms with van der Waals surface area (Å²) in [6.45, 7) is 4.31. The fraction of sp³-hybridized carbons (Fsp3) is 0.308. The van der Waals surface area contributed by atoms with Gasteiger partial charge < -0.3 is 5.32 Å². The lowest BCUT2D eigenvalue weighted by Crippen LogP contribution is -2.24. The van der Waals surface area contributed by atoms with Crippen molar-refractivity contribution in [2.24, 2.45) is 0 Å². The number of halogens is 1. The Morgan fingerprint density at radius 2 is 2.25 bits per heavy atom. The van der Waals surface area contributed by atoms with Gasteiger partial charge in [-0.3, -0.25) is 4.79 Å². The predicted octanol–water partition coefficient (Wildman–Crippen LogP) is 2.90. The van der Waals surface area contributed by atoms with Gasteiger partial charge in [0.05, 0.1) is 0 Å². The first-order chi connectivity index (χ1) is 7.65. The molecule has 0 aliphatic rings. The van der Waals surface area contributed by atoms with Gasteiger partial charge in [-0.25, -0.2) is 0 Å². The van der Waals surface area contributed by atoms with Crippen LogP contribution in [-0.4, -0.2) is 12.5 Å². The van der Waals surface area contributed by atoms with Gasteiger partial charge in [0.15, 0.2) is 0 Å². The van der Waals surface area contributed by atoms with Gasteiger partial charge in [0.2, 0.25) is 0 Å². The molecule has 1 N–H and O–H groups in total. The molecule has 16 heavy (non-hydrogen) atoms. The number of nitrogens with one attached hydrogen (secondary N) is 1. The molecule has 3 heteroatoms. The summed E-state index contributed by atoms with van der Waals surface area (Å²) in [6.07, 6.45) is 0.692. The highest BCUT2D eigenvalue weighted by Crippen LogP contribution is 2.15. The SMILES string of the molecule is CC#CCCNC(=O)c1ccc(Br)cc1C. The molecular weight excluding hydrogens is 266 g/mol. The lowest BCUT2D eigenvalue weighted by Gasteiger charge is -2.06. The van der Waals surface area contributed by atoms with E-state index in [9.17, 15) is 4.79 Å². The Morgan fingerprint density at radius 3 is 2.88 bits per heavy atom. The van der Waals surface area contributed by atoms with Crippen molar-refractivity contribution in [2.75, 3.05) is 6.54 Å². The summed E-state index contributed by atoms with van der Waals surface area (Å²) in [5, 5.41) is 2.84. The molecule has 0 saturated carbocycles. The van der Waals surface area contributed by atoms with E-state index in [-0.39, 0.29) is 5.91 Å². The van der Waals surface area contributed by atoms with E-state index in [0.29, 0.717) is 18.5 Å². The van der Waals surface area contributed by atoms with E-state index in [1.54, 1.807) is 6.92 Å². The van der Waals surface area contributed by atoms with Crippen LogP contribution in [0.3, 0.4) is 0 Å². The Morgan fingerprint density at radius 1 is 1.50 bits per heavy atom. The smallest absolute Gasteiger partial charge is 0.251 e. The van der Waals surface area contributed by atoms with Crippen LogP contribution in [0.2, 0.25) is 0 Å². The monoisotopic (exact) mass is 279 g/mol. The standard InChI is InChI=1S/C13H14BrNO/c1-3-4-5-8-15-13(16)12-7-6-11(14)9-10(12)2/h6-7,9H,5,8H2,1-2H3,(H,15,16). The molecule has 0 bridgehead atoms. The van der Waals surface area contributed by atoms with Crippen LogP contribution < -0.4 is 5.32 Å². The maximum Gasteiger partial charge on any atom is 0.251 e. The maximum absolute atomic E-state index is 11.8. The van der Waals surface area contributed by atoms with Crippen molar-refractivity contribution in [3.8, 4) is 11.8 Å². The van der Waals surface area contributed by atoms with E-state index < -0.39 is 0 Å². The fourth-order valence-corrected chi connectivity index (χ4v) is 1.82. The van der Waals surface area contributed by atoms with Gasteiger partial charge in [-0.1, -0.05) is 15.9 Å². The molecule has 0 unspecified atom stereocenters. The van der Waals surface area contributed by atoms with Gasteiger partial charge in [-0.15, -0.1) is 11.8 Å². The molecule has 0 heterocycles. The Labute approximate surface area is 105 Å². The molecule has 0 atom stereocenters. The third-order valence-corrected chi connectivity index (χ3v) is 2.64. The number of carbonyl (C=O) groups is 1. The topological polar surface area (TPSA) is 29.1 Å². The molecule has 0 aliphatic carbocycles. The summed E-state index contributed by atoms with van der Waals surface area (Å²) in [5.74, 6) is 5.66. The first-order valence-electron chi connectivity index (χ1n) is 5.09. The fourth-order valence-electron chi connectivity index (χ4n) is 1.34. The number of hydrogen-bond acceptors (Lipinski definition) is 1. The number of rotatable bonds is 3. The number of hydrogen-bond donors (Lipinski definition) is 1. The van der Waals surface area contributed by atoms with Crippen molar-refractivity contribution < 1.29 is 4.79 Å². The van der Waals surface area contributed by atoms with Crippen molar-refractivity contribution >= 4 is 21.8 Å². The van der Waals surface area contributed by atoms with Crippen LogP contribution in [0.15, 0.2) is 22.7 Å². The van der Waals surface area contributed by atoms with Crippen molar-refractivity contribution in [3.05, 3.63) is 33.8 Å². The van der Waals surface area contributed by atoms with Crippen molar-refractivity contribution in [1.82, 2.24) is 5.32 Å². The minimum Gasteiger partial charge on any atom is -0.351 e. The first-order valence-corrected chi connectivity index (χ1v) is 5.88. The van der Waals surface area contributed by atoms with E-state index in [0.717, 1.165) is 10.0 Å². The lowest BCUT2D eigenvalue weighted by atomic mass is 10.1. The van der Waals surface area contributed by atoms with Crippen molar-refractivity contribution in [3.63, 3.8) is 0 Å². The quantitative estimate of drug-likeness (QED) is 0.669. The second kappa shape index (κ2) is 6.34. The Bertz CT molecular complexity index is 443. The third-order valence-electron chi connectivity index (χ3n) is 2.15. The van der Waals surface area contributed by atoms with E-state index in [1.807, 2.05) is 25.1 Å². The summed E-state index contributed by atoms with van der Waals surface area (Å²) in [6, 6.07) is 5.62. The Balaban J connectivity index is 2.61. The molecule has 0 radical (unpaired) electrons. The third kappa shape index (κ3) is 3.71. The van der Waals surface area contributed by atoms with Crippen LogP contribution >= 0.6 is 15.9 Å². The molecule has 0 fully saturated rings. The molecule has 1 amide bonds. The molecule has 0 aliphatic heterocycles. The van der Waals surface area contributed by atoms with Gasteiger partial charge in [0.1, 0.15) is 0 Å². The number of amides is 1.